The van der Waals surface area contributed by atoms with Crippen LogP contribution in [0.4, 0.5) is 13.2 Å². The second-order valence-corrected chi connectivity index (χ2v) is 4.10. The highest BCUT2D eigenvalue weighted by atomic mass is 19.4. The van der Waals surface area contributed by atoms with E-state index in [1.54, 1.807) is 18.2 Å². The number of rotatable bonds is 3. The van der Waals surface area contributed by atoms with Crippen molar-refractivity contribution < 1.29 is 18.0 Å². The summed E-state index contributed by atoms with van der Waals surface area (Å²) < 4.78 is 39.1. The van der Waals surface area contributed by atoms with Gasteiger partial charge in [-0.15, -0.1) is 0 Å². The van der Waals surface area contributed by atoms with Crippen LogP contribution in [0.25, 0.3) is 0 Å². The number of aromatic nitrogens is 1. The first kappa shape index (κ1) is 14.0. The molecular formula is C14H11F3N2O. The molecule has 1 aromatic heterocycles. The monoisotopic (exact) mass is 280 g/mol. The lowest BCUT2D eigenvalue weighted by Gasteiger charge is -2.21. The Balaban J connectivity index is 2.24. The van der Waals surface area contributed by atoms with Crippen LogP contribution in [-0.2, 0) is 0 Å². The summed E-state index contributed by atoms with van der Waals surface area (Å²) >= 11 is 0. The highest BCUT2D eigenvalue weighted by molar-refractivity contribution is 5.94. The van der Waals surface area contributed by atoms with Gasteiger partial charge in [0.1, 0.15) is 0 Å². The predicted molar refractivity (Wildman–Crippen MR) is 66.9 cm³/mol. The summed E-state index contributed by atoms with van der Waals surface area (Å²) in [5.74, 6) is -0.781. The van der Waals surface area contributed by atoms with Gasteiger partial charge >= 0.3 is 6.18 Å². The van der Waals surface area contributed by atoms with Crippen molar-refractivity contribution in [1.82, 2.24) is 10.3 Å². The molecule has 2 rings (SSSR count). The van der Waals surface area contributed by atoms with Gasteiger partial charge in [0.25, 0.3) is 5.91 Å². The number of alkyl halides is 3. The minimum atomic E-state index is -4.59. The first-order valence-corrected chi connectivity index (χ1v) is 5.81. The van der Waals surface area contributed by atoms with E-state index in [-0.39, 0.29) is 11.1 Å². The maximum atomic E-state index is 13.0. The highest BCUT2D eigenvalue weighted by Gasteiger charge is 2.42. The van der Waals surface area contributed by atoms with Gasteiger partial charge < -0.3 is 5.32 Å². The number of benzene rings is 1. The van der Waals surface area contributed by atoms with E-state index >= 15 is 0 Å². The van der Waals surface area contributed by atoms with E-state index in [2.05, 4.69) is 4.98 Å². The maximum Gasteiger partial charge on any atom is 0.412 e. The van der Waals surface area contributed by atoms with Crippen molar-refractivity contribution in [3.05, 3.63) is 66.0 Å². The van der Waals surface area contributed by atoms with Crippen molar-refractivity contribution in [2.24, 2.45) is 0 Å². The van der Waals surface area contributed by atoms with Crippen LogP contribution in [0, 0.1) is 0 Å². The minimum Gasteiger partial charge on any atom is -0.337 e. The average Bonchev–Trinajstić information content (AvgIpc) is 2.45. The number of nitrogens with one attached hydrogen (secondary N) is 1. The summed E-state index contributed by atoms with van der Waals surface area (Å²) in [6, 6.07) is 8.34. The molecule has 1 N–H and O–H groups in total. The molecule has 0 bridgehead atoms. The Morgan fingerprint density at radius 3 is 2.35 bits per heavy atom. The van der Waals surface area contributed by atoms with E-state index in [1.165, 1.54) is 30.5 Å². The number of amides is 1. The SMILES string of the molecule is O=C(NC(c1cccnc1)C(F)(F)F)c1ccccc1. The van der Waals surface area contributed by atoms with Gasteiger partial charge in [-0.25, -0.2) is 0 Å². The van der Waals surface area contributed by atoms with E-state index in [0.717, 1.165) is 6.20 Å². The lowest BCUT2D eigenvalue weighted by atomic mass is 10.1. The summed E-state index contributed by atoms with van der Waals surface area (Å²) in [6.45, 7) is 0. The maximum absolute atomic E-state index is 13.0. The van der Waals surface area contributed by atoms with Crippen LogP contribution >= 0.6 is 0 Å². The lowest BCUT2D eigenvalue weighted by molar-refractivity contribution is -0.155. The van der Waals surface area contributed by atoms with Crippen molar-refractivity contribution in [2.75, 3.05) is 0 Å². The molecule has 1 aromatic carbocycles. The third kappa shape index (κ3) is 3.34. The molecule has 1 atom stereocenters. The van der Waals surface area contributed by atoms with Crippen LogP contribution in [0.3, 0.4) is 0 Å². The lowest BCUT2D eigenvalue weighted by Crippen LogP contribution is -2.38. The molecule has 1 unspecified atom stereocenters. The third-order valence-corrected chi connectivity index (χ3v) is 2.66. The Bertz CT molecular complexity index is 570. The number of pyridine rings is 1. The highest BCUT2D eigenvalue weighted by Crippen LogP contribution is 2.32. The number of carbonyl (C=O) groups is 1. The first-order valence-electron chi connectivity index (χ1n) is 5.81. The summed E-state index contributed by atoms with van der Waals surface area (Å²) in [5, 5.41) is 1.99. The van der Waals surface area contributed by atoms with Crippen molar-refractivity contribution in [3.8, 4) is 0 Å². The number of hydrogen-bond acceptors (Lipinski definition) is 2. The molecule has 6 heteroatoms. The third-order valence-electron chi connectivity index (χ3n) is 2.66. The number of nitrogens with zero attached hydrogens (tertiary/aromatic N) is 1. The first-order chi connectivity index (χ1) is 9.48. The molecule has 0 aliphatic heterocycles. The van der Waals surface area contributed by atoms with Crippen LogP contribution in [0.15, 0.2) is 54.9 Å². The van der Waals surface area contributed by atoms with Crippen molar-refractivity contribution in [3.63, 3.8) is 0 Å². The molecule has 20 heavy (non-hydrogen) atoms. The number of carbonyl (C=O) groups excluding carboxylic acids is 1. The van der Waals surface area contributed by atoms with Gasteiger partial charge in [-0.1, -0.05) is 24.3 Å². The molecule has 0 fully saturated rings. The van der Waals surface area contributed by atoms with E-state index in [4.69, 9.17) is 0 Å². The van der Waals surface area contributed by atoms with E-state index < -0.39 is 18.1 Å². The Hall–Kier alpha value is -2.37. The van der Waals surface area contributed by atoms with E-state index in [9.17, 15) is 18.0 Å². The van der Waals surface area contributed by atoms with E-state index in [1.807, 2.05) is 5.32 Å². The topological polar surface area (TPSA) is 42.0 Å². The van der Waals surface area contributed by atoms with Gasteiger partial charge in [-0.05, 0) is 18.2 Å². The zero-order valence-electron chi connectivity index (χ0n) is 10.3. The molecule has 1 amide bonds. The Morgan fingerprint density at radius 2 is 1.80 bits per heavy atom. The standard InChI is InChI=1S/C14H11F3N2O/c15-14(16,17)12(11-7-4-8-18-9-11)19-13(20)10-5-2-1-3-6-10/h1-9,12H,(H,19,20). The minimum absolute atomic E-state index is 0.107. The van der Waals surface area contributed by atoms with Crippen LogP contribution in [0.2, 0.25) is 0 Å². The second-order valence-electron chi connectivity index (χ2n) is 4.10. The fourth-order valence-electron chi connectivity index (χ4n) is 1.70. The van der Waals surface area contributed by atoms with Crippen molar-refractivity contribution in [2.45, 2.75) is 12.2 Å². The second kappa shape index (κ2) is 5.73. The molecule has 3 nitrogen and oxygen atoms in total. The van der Waals surface area contributed by atoms with Gasteiger partial charge in [-0.3, -0.25) is 9.78 Å². The quantitative estimate of drug-likeness (QED) is 0.938. The molecule has 1 heterocycles. The molecule has 0 radical (unpaired) electrons. The van der Waals surface area contributed by atoms with E-state index in [0.29, 0.717) is 0 Å². The largest absolute Gasteiger partial charge is 0.412 e. The normalized spacial score (nSPS) is 12.8. The molecule has 0 spiro atoms. The zero-order chi connectivity index (χ0) is 14.6. The fraction of sp³-hybridized carbons (Fsp3) is 0.143. The van der Waals surface area contributed by atoms with Crippen LogP contribution in [0.1, 0.15) is 22.0 Å². The van der Waals surface area contributed by atoms with Crippen molar-refractivity contribution >= 4 is 5.91 Å². The summed E-state index contributed by atoms with van der Waals surface area (Å²) in [5.41, 5.74) is 0.0647. The molecule has 0 aliphatic carbocycles. The molecular weight excluding hydrogens is 269 g/mol. The van der Waals surface area contributed by atoms with Crippen molar-refractivity contribution in [1.29, 1.82) is 0 Å². The summed E-state index contributed by atoms with van der Waals surface area (Å²) in [7, 11) is 0. The van der Waals surface area contributed by atoms with Crippen LogP contribution in [0.5, 0.6) is 0 Å². The van der Waals surface area contributed by atoms with Crippen LogP contribution < -0.4 is 5.32 Å². The fourth-order valence-corrected chi connectivity index (χ4v) is 1.70. The van der Waals surface area contributed by atoms with Gasteiger partial charge in [0.15, 0.2) is 6.04 Å². The van der Waals surface area contributed by atoms with Gasteiger partial charge in [-0.2, -0.15) is 13.2 Å². The van der Waals surface area contributed by atoms with Gasteiger partial charge in [0.2, 0.25) is 0 Å². The average molecular weight is 280 g/mol. The number of hydrogen-bond donors (Lipinski definition) is 1. The molecule has 0 aliphatic rings. The summed E-state index contributed by atoms with van der Waals surface area (Å²) in [6.07, 6.45) is -2.13. The Morgan fingerprint density at radius 1 is 1.10 bits per heavy atom. The summed E-state index contributed by atoms with van der Waals surface area (Å²) in [4.78, 5) is 15.5. The number of halogens is 3. The van der Waals surface area contributed by atoms with Crippen LogP contribution in [-0.4, -0.2) is 17.1 Å². The Kier molecular flexibility index (Phi) is 4.02. The zero-order valence-corrected chi connectivity index (χ0v) is 10.3. The molecule has 2 aromatic rings. The predicted octanol–water partition coefficient (Wildman–Crippen LogP) is 3.12. The van der Waals surface area contributed by atoms with Gasteiger partial charge in [0, 0.05) is 23.5 Å². The molecule has 0 saturated heterocycles. The van der Waals surface area contributed by atoms with Gasteiger partial charge in [0.05, 0.1) is 0 Å². The molecule has 0 saturated carbocycles. The Labute approximate surface area is 113 Å². The molecule has 104 valence electrons. The smallest absolute Gasteiger partial charge is 0.337 e.